The summed E-state index contributed by atoms with van der Waals surface area (Å²) in [4.78, 5) is 19.6. The van der Waals surface area contributed by atoms with Crippen molar-refractivity contribution in [3.8, 4) is 5.75 Å². The quantitative estimate of drug-likeness (QED) is 0.855. The monoisotopic (exact) mass is 243 g/mol. The van der Waals surface area contributed by atoms with Crippen LogP contribution >= 0.6 is 0 Å². The first-order valence-electron chi connectivity index (χ1n) is 5.50. The molecule has 1 amide bonds. The van der Waals surface area contributed by atoms with Crippen molar-refractivity contribution < 1.29 is 9.90 Å². The van der Waals surface area contributed by atoms with Crippen LogP contribution in [0.3, 0.4) is 0 Å². The van der Waals surface area contributed by atoms with Crippen molar-refractivity contribution in [2.24, 2.45) is 0 Å². The highest BCUT2D eigenvalue weighted by molar-refractivity contribution is 5.94. The average molecular weight is 243 g/mol. The summed E-state index contributed by atoms with van der Waals surface area (Å²) in [6, 6.07) is 4.87. The van der Waals surface area contributed by atoms with Crippen molar-refractivity contribution in [1.29, 1.82) is 0 Å². The molecule has 0 aliphatic carbocycles. The van der Waals surface area contributed by atoms with Crippen LogP contribution in [0.1, 0.15) is 21.6 Å². The van der Waals surface area contributed by atoms with Gasteiger partial charge in [-0.1, -0.05) is 0 Å². The zero-order chi connectivity index (χ0) is 13.0. The molecule has 0 spiro atoms. The van der Waals surface area contributed by atoms with Crippen LogP contribution in [0.25, 0.3) is 0 Å². The predicted molar refractivity (Wildman–Crippen MR) is 66.0 cm³/mol. The SMILES string of the molecule is Cc1ccncc1CNC(=O)c1ncccc1O. The van der Waals surface area contributed by atoms with E-state index in [4.69, 9.17) is 0 Å². The van der Waals surface area contributed by atoms with Gasteiger partial charge in [-0.2, -0.15) is 0 Å². The lowest BCUT2D eigenvalue weighted by Gasteiger charge is -2.07. The molecule has 0 radical (unpaired) electrons. The molecule has 2 N–H and O–H groups in total. The molecule has 0 saturated heterocycles. The molecule has 0 unspecified atom stereocenters. The van der Waals surface area contributed by atoms with E-state index < -0.39 is 5.91 Å². The first-order valence-corrected chi connectivity index (χ1v) is 5.50. The predicted octanol–water partition coefficient (Wildman–Crippen LogP) is 1.42. The molecule has 0 atom stereocenters. The van der Waals surface area contributed by atoms with Crippen molar-refractivity contribution in [1.82, 2.24) is 15.3 Å². The van der Waals surface area contributed by atoms with E-state index in [0.29, 0.717) is 6.54 Å². The molecule has 2 heterocycles. The number of nitrogens with one attached hydrogen (secondary N) is 1. The minimum absolute atomic E-state index is 0.0269. The van der Waals surface area contributed by atoms with Crippen LogP contribution < -0.4 is 5.32 Å². The zero-order valence-corrected chi connectivity index (χ0v) is 9.92. The number of nitrogens with zero attached hydrogens (tertiary/aromatic N) is 2. The lowest BCUT2D eigenvalue weighted by atomic mass is 10.1. The van der Waals surface area contributed by atoms with Gasteiger partial charge in [0.25, 0.3) is 5.91 Å². The van der Waals surface area contributed by atoms with E-state index in [2.05, 4.69) is 15.3 Å². The van der Waals surface area contributed by atoms with Gasteiger partial charge in [-0.25, -0.2) is 4.98 Å². The van der Waals surface area contributed by atoms with Crippen LogP contribution in [0.15, 0.2) is 36.8 Å². The fraction of sp³-hybridized carbons (Fsp3) is 0.154. The molecule has 5 heteroatoms. The average Bonchev–Trinajstić information content (AvgIpc) is 2.38. The Hall–Kier alpha value is -2.43. The molecule has 0 aromatic carbocycles. The van der Waals surface area contributed by atoms with Gasteiger partial charge >= 0.3 is 0 Å². The van der Waals surface area contributed by atoms with Gasteiger partial charge in [0.15, 0.2) is 5.69 Å². The standard InChI is InChI=1S/C13H13N3O2/c1-9-4-6-14-7-10(9)8-16-13(18)12-11(17)3-2-5-15-12/h2-7,17H,8H2,1H3,(H,16,18). The van der Waals surface area contributed by atoms with E-state index in [1.807, 2.05) is 13.0 Å². The highest BCUT2D eigenvalue weighted by Crippen LogP contribution is 2.12. The van der Waals surface area contributed by atoms with E-state index in [0.717, 1.165) is 11.1 Å². The highest BCUT2D eigenvalue weighted by Gasteiger charge is 2.11. The van der Waals surface area contributed by atoms with Crippen LogP contribution in [0.2, 0.25) is 0 Å². The van der Waals surface area contributed by atoms with Crippen LogP contribution in [-0.4, -0.2) is 21.0 Å². The maximum Gasteiger partial charge on any atom is 0.274 e. The first kappa shape index (κ1) is 12.0. The van der Waals surface area contributed by atoms with Gasteiger partial charge in [0.2, 0.25) is 0 Å². The van der Waals surface area contributed by atoms with E-state index >= 15 is 0 Å². The van der Waals surface area contributed by atoms with Crippen LogP contribution in [0.5, 0.6) is 5.75 Å². The van der Waals surface area contributed by atoms with Gasteiger partial charge in [0.05, 0.1) is 0 Å². The molecular weight excluding hydrogens is 230 g/mol. The summed E-state index contributed by atoms with van der Waals surface area (Å²) in [6.45, 7) is 2.30. The summed E-state index contributed by atoms with van der Waals surface area (Å²) in [5, 5.41) is 12.2. The number of aromatic hydroxyl groups is 1. The van der Waals surface area contributed by atoms with Crippen molar-refractivity contribution in [3.63, 3.8) is 0 Å². The minimum Gasteiger partial charge on any atom is -0.505 e. The number of carbonyl (C=O) groups excluding carboxylic acids is 1. The summed E-state index contributed by atoms with van der Waals surface area (Å²) in [7, 11) is 0. The maximum atomic E-state index is 11.8. The van der Waals surface area contributed by atoms with Gasteiger partial charge < -0.3 is 10.4 Å². The Morgan fingerprint density at radius 2 is 2.22 bits per heavy atom. The molecular formula is C13H13N3O2. The molecule has 0 saturated carbocycles. The number of carbonyl (C=O) groups is 1. The Labute approximate surface area is 105 Å². The van der Waals surface area contributed by atoms with Gasteiger partial charge in [0, 0.05) is 25.1 Å². The summed E-state index contributed by atoms with van der Waals surface area (Å²) in [6.07, 6.45) is 4.86. The number of hydrogen-bond donors (Lipinski definition) is 2. The molecule has 2 aromatic heterocycles. The minimum atomic E-state index is -0.406. The fourth-order valence-corrected chi connectivity index (χ4v) is 1.51. The van der Waals surface area contributed by atoms with E-state index in [9.17, 15) is 9.90 Å². The number of rotatable bonds is 3. The Kier molecular flexibility index (Phi) is 3.52. The molecule has 0 aliphatic rings. The van der Waals surface area contributed by atoms with Crippen molar-refractivity contribution >= 4 is 5.91 Å². The normalized spacial score (nSPS) is 10.1. The fourth-order valence-electron chi connectivity index (χ4n) is 1.51. The van der Waals surface area contributed by atoms with E-state index in [1.54, 1.807) is 18.5 Å². The number of hydrogen-bond acceptors (Lipinski definition) is 4. The molecule has 0 bridgehead atoms. The summed E-state index contributed by atoms with van der Waals surface area (Å²) >= 11 is 0. The van der Waals surface area contributed by atoms with Crippen molar-refractivity contribution in [3.05, 3.63) is 53.6 Å². The summed E-state index contributed by atoms with van der Waals surface area (Å²) in [5.74, 6) is -0.533. The zero-order valence-electron chi connectivity index (χ0n) is 9.92. The third kappa shape index (κ3) is 2.63. The van der Waals surface area contributed by atoms with Gasteiger partial charge in [0.1, 0.15) is 5.75 Å². The molecule has 0 aliphatic heterocycles. The smallest absolute Gasteiger partial charge is 0.274 e. The molecule has 5 nitrogen and oxygen atoms in total. The number of aryl methyl sites for hydroxylation is 1. The lowest BCUT2D eigenvalue weighted by molar-refractivity contribution is 0.0943. The van der Waals surface area contributed by atoms with Gasteiger partial charge in [-0.05, 0) is 36.2 Å². The second kappa shape index (κ2) is 5.27. The molecule has 0 fully saturated rings. The first-order chi connectivity index (χ1) is 8.68. The van der Waals surface area contributed by atoms with Crippen molar-refractivity contribution in [2.45, 2.75) is 13.5 Å². The molecule has 2 rings (SSSR count). The largest absolute Gasteiger partial charge is 0.505 e. The van der Waals surface area contributed by atoms with Crippen molar-refractivity contribution in [2.75, 3.05) is 0 Å². The lowest BCUT2D eigenvalue weighted by Crippen LogP contribution is -2.24. The van der Waals surface area contributed by atoms with E-state index in [1.165, 1.54) is 12.3 Å². The Morgan fingerprint density at radius 1 is 1.39 bits per heavy atom. The topological polar surface area (TPSA) is 75.1 Å². The van der Waals surface area contributed by atoms with Crippen LogP contribution in [-0.2, 0) is 6.54 Å². The Balaban J connectivity index is 2.06. The summed E-state index contributed by atoms with van der Waals surface area (Å²) in [5.41, 5.74) is 2.01. The second-order valence-electron chi connectivity index (χ2n) is 3.86. The molecule has 18 heavy (non-hydrogen) atoms. The Bertz CT molecular complexity index is 570. The molecule has 2 aromatic rings. The van der Waals surface area contributed by atoms with Gasteiger partial charge in [-0.3, -0.25) is 9.78 Å². The molecule has 92 valence electrons. The summed E-state index contributed by atoms with van der Waals surface area (Å²) < 4.78 is 0. The second-order valence-corrected chi connectivity index (χ2v) is 3.86. The third-order valence-electron chi connectivity index (χ3n) is 2.59. The third-order valence-corrected chi connectivity index (χ3v) is 2.59. The number of aromatic nitrogens is 2. The highest BCUT2D eigenvalue weighted by atomic mass is 16.3. The van der Waals surface area contributed by atoms with Gasteiger partial charge in [-0.15, -0.1) is 0 Å². The Morgan fingerprint density at radius 3 is 2.94 bits per heavy atom. The number of amides is 1. The maximum absolute atomic E-state index is 11.8. The van der Waals surface area contributed by atoms with Crippen LogP contribution in [0.4, 0.5) is 0 Å². The van der Waals surface area contributed by atoms with E-state index in [-0.39, 0.29) is 11.4 Å². The van der Waals surface area contributed by atoms with Crippen LogP contribution in [0, 0.1) is 6.92 Å². The number of pyridine rings is 2.